The fourth-order valence-electron chi connectivity index (χ4n) is 3.94. The van der Waals surface area contributed by atoms with Crippen molar-refractivity contribution in [3.05, 3.63) is 46.4 Å². The van der Waals surface area contributed by atoms with Crippen molar-refractivity contribution in [3.63, 3.8) is 0 Å². The van der Waals surface area contributed by atoms with E-state index in [1.165, 1.54) is 16.7 Å². The van der Waals surface area contributed by atoms with E-state index in [4.69, 9.17) is 12.6 Å². The van der Waals surface area contributed by atoms with Gasteiger partial charge in [-0.2, -0.15) is 0 Å². The SMILES string of the molecule is [B]C(=O)NCCCOc1ccc2ccc(C(=O)N[C@@H]3CCCC[C@H]3C(C)=O)c(=O)n2c1. The number of pyridine rings is 2. The summed E-state index contributed by atoms with van der Waals surface area (Å²) in [5.41, 5.74) is 0.197. The maximum Gasteiger partial charge on any atom is 0.268 e. The van der Waals surface area contributed by atoms with Gasteiger partial charge in [0.25, 0.3) is 11.5 Å². The molecule has 8 nitrogen and oxygen atoms in total. The number of fused-ring (bicyclic) bond motifs is 1. The number of Topliss-reactive ketones (excluding diaryl/α,β-unsaturated/α-hetero) is 1. The quantitative estimate of drug-likeness (QED) is 0.498. The van der Waals surface area contributed by atoms with Crippen LogP contribution in [0.25, 0.3) is 5.52 Å². The van der Waals surface area contributed by atoms with Gasteiger partial charge in [0, 0.05) is 24.0 Å². The second kappa shape index (κ2) is 10.3. The van der Waals surface area contributed by atoms with Crippen molar-refractivity contribution >= 4 is 30.9 Å². The van der Waals surface area contributed by atoms with Crippen LogP contribution in [0.15, 0.2) is 35.3 Å². The van der Waals surface area contributed by atoms with Gasteiger partial charge in [-0.1, -0.05) is 12.8 Å². The van der Waals surface area contributed by atoms with Crippen molar-refractivity contribution in [2.45, 2.75) is 45.1 Å². The molecule has 1 aliphatic rings. The lowest BCUT2D eigenvalue weighted by Crippen LogP contribution is -2.45. The first-order chi connectivity index (χ1) is 14.9. The molecule has 31 heavy (non-hydrogen) atoms. The van der Waals surface area contributed by atoms with Gasteiger partial charge in [0.2, 0.25) is 0 Å². The maximum atomic E-state index is 12.9. The van der Waals surface area contributed by atoms with Crippen LogP contribution in [0.3, 0.4) is 0 Å². The third-order valence-electron chi connectivity index (χ3n) is 5.56. The Morgan fingerprint density at radius 2 is 1.90 bits per heavy atom. The summed E-state index contributed by atoms with van der Waals surface area (Å²) in [5.74, 6) is -0.736. The van der Waals surface area contributed by atoms with Crippen LogP contribution in [0.2, 0.25) is 0 Å². The molecule has 2 N–H and O–H groups in total. The van der Waals surface area contributed by atoms with Crippen LogP contribution in [0.4, 0.5) is 4.79 Å². The van der Waals surface area contributed by atoms with E-state index in [-0.39, 0.29) is 23.3 Å². The molecule has 0 aromatic carbocycles. The van der Waals surface area contributed by atoms with Gasteiger partial charge in [0.15, 0.2) is 13.7 Å². The van der Waals surface area contributed by atoms with E-state index < -0.39 is 17.3 Å². The molecule has 2 radical (unpaired) electrons. The predicted octanol–water partition coefficient (Wildman–Crippen LogP) is 1.82. The molecule has 2 aromatic rings. The number of rotatable bonds is 8. The molecular weight excluding hydrogens is 397 g/mol. The lowest BCUT2D eigenvalue weighted by Gasteiger charge is -2.30. The van der Waals surface area contributed by atoms with Crippen LogP contribution in [0.5, 0.6) is 5.75 Å². The minimum Gasteiger partial charge on any atom is -0.492 e. The smallest absolute Gasteiger partial charge is 0.268 e. The molecule has 0 bridgehead atoms. The first-order valence-electron chi connectivity index (χ1n) is 10.5. The summed E-state index contributed by atoms with van der Waals surface area (Å²) in [7, 11) is 5.01. The van der Waals surface area contributed by atoms with Crippen LogP contribution < -0.4 is 20.9 Å². The fourth-order valence-corrected chi connectivity index (χ4v) is 3.94. The van der Waals surface area contributed by atoms with E-state index >= 15 is 0 Å². The highest BCUT2D eigenvalue weighted by Gasteiger charge is 2.30. The summed E-state index contributed by atoms with van der Waals surface area (Å²) in [6.45, 7) is 2.26. The Bertz CT molecular complexity index is 1040. The molecule has 1 aliphatic carbocycles. The highest BCUT2D eigenvalue weighted by Crippen LogP contribution is 2.25. The Balaban J connectivity index is 1.73. The highest BCUT2D eigenvalue weighted by atomic mass is 16.5. The number of aromatic nitrogens is 1. The number of carbonyl (C=O) groups excluding carboxylic acids is 3. The number of nitrogens with one attached hydrogen (secondary N) is 2. The zero-order valence-electron chi connectivity index (χ0n) is 17.6. The third kappa shape index (κ3) is 5.74. The van der Waals surface area contributed by atoms with Gasteiger partial charge >= 0.3 is 0 Å². The van der Waals surface area contributed by atoms with Gasteiger partial charge in [0.05, 0.1) is 12.8 Å². The van der Waals surface area contributed by atoms with Crippen LogP contribution >= 0.6 is 0 Å². The minimum atomic E-state index is -0.592. The average molecular weight is 423 g/mol. The minimum absolute atomic E-state index is 0.0215. The molecule has 2 aromatic heterocycles. The molecule has 1 saturated carbocycles. The Morgan fingerprint density at radius 1 is 1.16 bits per heavy atom. The monoisotopic (exact) mass is 423 g/mol. The molecule has 162 valence electrons. The first-order valence-corrected chi connectivity index (χ1v) is 10.5. The summed E-state index contributed by atoms with van der Waals surface area (Å²) in [4.78, 5) is 48.3. The Labute approximate surface area is 181 Å². The van der Waals surface area contributed by atoms with E-state index in [1.807, 2.05) is 0 Å². The normalized spacial score (nSPS) is 18.4. The lowest BCUT2D eigenvalue weighted by molar-refractivity contribution is -0.122. The van der Waals surface area contributed by atoms with Crippen LogP contribution in [-0.2, 0) is 4.79 Å². The zero-order valence-corrected chi connectivity index (χ0v) is 17.6. The molecule has 9 heteroatoms. The summed E-state index contributed by atoms with van der Waals surface area (Å²) < 4.78 is 6.99. The van der Waals surface area contributed by atoms with Crippen molar-refractivity contribution < 1.29 is 19.1 Å². The van der Waals surface area contributed by atoms with Gasteiger partial charge in [-0.05, 0) is 50.5 Å². The predicted molar refractivity (Wildman–Crippen MR) is 117 cm³/mol. The maximum absolute atomic E-state index is 12.9. The highest BCUT2D eigenvalue weighted by molar-refractivity contribution is 6.57. The number of ether oxygens (including phenoxy) is 1. The number of amides is 2. The largest absolute Gasteiger partial charge is 0.492 e. The third-order valence-corrected chi connectivity index (χ3v) is 5.56. The Kier molecular flexibility index (Phi) is 7.49. The summed E-state index contributed by atoms with van der Waals surface area (Å²) in [5, 5.41) is 5.37. The average Bonchev–Trinajstić information content (AvgIpc) is 2.74. The van der Waals surface area contributed by atoms with E-state index in [0.717, 1.165) is 25.7 Å². The van der Waals surface area contributed by atoms with Crippen LogP contribution in [0.1, 0.15) is 49.4 Å². The lowest BCUT2D eigenvalue weighted by atomic mass is 9.82. The molecule has 0 unspecified atom stereocenters. The summed E-state index contributed by atoms with van der Waals surface area (Å²) in [6.07, 6.45) is 5.49. The molecule has 0 aliphatic heterocycles. The van der Waals surface area contributed by atoms with Crippen LogP contribution in [0, 0.1) is 5.92 Å². The number of carbonyl (C=O) groups is 3. The summed E-state index contributed by atoms with van der Waals surface area (Å²) >= 11 is 0. The fraction of sp³-hybridized carbons (Fsp3) is 0.455. The Hall–Kier alpha value is -3.10. The molecule has 2 atom stereocenters. The van der Waals surface area contributed by atoms with Crippen molar-refractivity contribution in [2.24, 2.45) is 5.92 Å². The van der Waals surface area contributed by atoms with E-state index in [2.05, 4.69) is 10.6 Å². The molecule has 0 spiro atoms. The topological polar surface area (TPSA) is 106 Å². The van der Waals surface area contributed by atoms with Crippen molar-refractivity contribution in [1.82, 2.24) is 15.0 Å². The first kappa shape index (κ1) is 22.6. The number of hydrogen-bond donors (Lipinski definition) is 2. The Morgan fingerprint density at radius 3 is 2.65 bits per heavy atom. The van der Waals surface area contributed by atoms with Gasteiger partial charge in [-0.15, -0.1) is 0 Å². The molecule has 1 fully saturated rings. The van der Waals surface area contributed by atoms with Gasteiger partial charge < -0.3 is 15.4 Å². The number of nitrogens with zero attached hydrogens (tertiary/aromatic N) is 1. The van der Waals surface area contributed by atoms with Gasteiger partial charge in [0.1, 0.15) is 17.1 Å². The summed E-state index contributed by atoms with van der Waals surface area (Å²) in [6, 6.07) is 6.42. The van der Waals surface area contributed by atoms with Gasteiger partial charge in [-0.3, -0.25) is 23.6 Å². The number of ketones is 1. The zero-order chi connectivity index (χ0) is 22.4. The van der Waals surface area contributed by atoms with E-state index in [1.54, 1.807) is 25.1 Å². The van der Waals surface area contributed by atoms with Crippen molar-refractivity contribution in [3.8, 4) is 5.75 Å². The molecule has 0 saturated heterocycles. The second-order valence-electron chi connectivity index (χ2n) is 7.79. The molecular formula is C22H26BN3O5. The standard InChI is InChI=1S/C22H26BN3O5/c1-14(27)17-5-2-3-6-19(17)25-20(28)18-10-8-15-7-9-16(13-26(15)21(18)29)31-12-4-11-24-22(23)30/h7-10,13,17,19H,2-6,11-12H2,1H3,(H,24,30)(H,25,28)/t17-,19+/m0/s1. The van der Waals surface area contributed by atoms with Crippen LogP contribution in [-0.4, -0.2) is 48.9 Å². The van der Waals surface area contributed by atoms with E-state index in [9.17, 15) is 19.2 Å². The van der Waals surface area contributed by atoms with E-state index in [0.29, 0.717) is 30.8 Å². The second-order valence-corrected chi connectivity index (χ2v) is 7.79. The van der Waals surface area contributed by atoms with Gasteiger partial charge in [-0.25, -0.2) is 0 Å². The number of hydrogen-bond acceptors (Lipinski definition) is 5. The molecule has 2 heterocycles. The molecule has 3 rings (SSSR count). The van der Waals surface area contributed by atoms with Crippen molar-refractivity contribution in [2.75, 3.05) is 13.2 Å². The van der Waals surface area contributed by atoms with Crippen molar-refractivity contribution in [1.29, 1.82) is 0 Å². The molecule has 2 amide bonds.